The monoisotopic (exact) mass is 505 g/mol. The summed E-state index contributed by atoms with van der Waals surface area (Å²) in [7, 11) is 0. The van der Waals surface area contributed by atoms with E-state index < -0.39 is 5.60 Å². The Morgan fingerprint density at radius 1 is 1.16 bits per heavy atom. The molecule has 1 aliphatic heterocycles. The number of likely N-dealkylation sites (tertiary alicyclic amines) is 1. The minimum atomic E-state index is -1.14. The first kappa shape index (κ1) is 24.5. The van der Waals surface area contributed by atoms with Crippen LogP contribution < -0.4 is 0 Å². The second kappa shape index (κ2) is 9.21. The summed E-state index contributed by atoms with van der Waals surface area (Å²) in [5, 5.41) is 11.8. The topological polar surface area (TPSA) is 40.5 Å². The molecule has 0 spiro atoms. The molecule has 6 atom stereocenters. The van der Waals surface area contributed by atoms with Crippen molar-refractivity contribution in [1.29, 1.82) is 0 Å². The summed E-state index contributed by atoms with van der Waals surface area (Å²) >= 11 is 3.34. The zero-order valence-electron chi connectivity index (χ0n) is 20.8. The average Bonchev–Trinajstić information content (AvgIpc) is 3.41. The molecule has 32 heavy (non-hydrogen) atoms. The van der Waals surface area contributed by atoms with E-state index in [1.54, 1.807) is 5.57 Å². The number of rotatable bonds is 6. The zero-order chi connectivity index (χ0) is 23.1. The van der Waals surface area contributed by atoms with E-state index in [4.69, 9.17) is 0 Å². The molecular weight excluding hydrogens is 462 g/mol. The Morgan fingerprint density at radius 2 is 1.84 bits per heavy atom. The van der Waals surface area contributed by atoms with Gasteiger partial charge in [-0.2, -0.15) is 0 Å². The van der Waals surface area contributed by atoms with Gasteiger partial charge in [0, 0.05) is 24.2 Å². The first-order chi connectivity index (χ1) is 15.2. The van der Waals surface area contributed by atoms with Crippen molar-refractivity contribution in [2.45, 2.75) is 97.5 Å². The Hall–Kier alpha value is -0.610. The van der Waals surface area contributed by atoms with Gasteiger partial charge < -0.3 is 10.0 Å². The molecule has 0 amide bonds. The fourth-order valence-corrected chi connectivity index (χ4v) is 8.98. The molecule has 5 unspecified atom stereocenters. The number of carbonyl (C=O) groups excluding carboxylic acids is 1. The van der Waals surface area contributed by atoms with Crippen LogP contribution in [0.25, 0.3) is 0 Å². The quantitative estimate of drug-likeness (QED) is 0.324. The molecule has 0 aromatic heterocycles. The van der Waals surface area contributed by atoms with Gasteiger partial charge in [-0.3, -0.25) is 4.79 Å². The third kappa shape index (κ3) is 3.76. The number of fused-ring (bicyclic) bond motifs is 3. The molecule has 3 saturated carbocycles. The first-order valence-corrected chi connectivity index (χ1v) is 14.2. The molecule has 4 rings (SSSR count). The third-order valence-corrected chi connectivity index (χ3v) is 11.0. The lowest BCUT2D eigenvalue weighted by Gasteiger charge is -2.58. The van der Waals surface area contributed by atoms with Gasteiger partial charge in [0.05, 0.1) is 5.33 Å². The highest BCUT2D eigenvalue weighted by Gasteiger charge is 2.65. The minimum Gasteiger partial charge on any atom is -0.381 e. The van der Waals surface area contributed by atoms with Crippen LogP contribution in [0.3, 0.4) is 0 Å². The average molecular weight is 507 g/mol. The molecule has 4 fully saturated rings. The van der Waals surface area contributed by atoms with Crippen LogP contribution in [-0.4, -0.2) is 39.8 Å². The molecule has 4 heteroatoms. The minimum absolute atomic E-state index is 0.00353. The summed E-state index contributed by atoms with van der Waals surface area (Å²) < 4.78 is 0. The molecular formula is C28H44BrNO2. The second-order valence-corrected chi connectivity index (χ2v) is 12.2. The van der Waals surface area contributed by atoms with Crippen LogP contribution in [0, 0.1) is 28.6 Å². The van der Waals surface area contributed by atoms with Crippen molar-refractivity contribution in [2.75, 3.05) is 18.4 Å². The van der Waals surface area contributed by atoms with Crippen molar-refractivity contribution in [3.8, 4) is 0 Å². The van der Waals surface area contributed by atoms with Crippen LogP contribution in [0.4, 0.5) is 0 Å². The highest BCUT2D eigenvalue weighted by atomic mass is 79.9. The number of ketones is 1. The van der Waals surface area contributed by atoms with Crippen molar-refractivity contribution < 1.29 is 9.90 Å². The molecule has 0 radical (unpaired) electrons. The zero-order valence-corrected chi connectivity index (χ0v) is 22.3. The van der Waals surface area contributed by atoms with Gasteiger partial charge in [0.25, 0.3) is 0 Å². The summed E-state index contributed by atoms with van der Waals surface area (Å²) in [5.41, 5.74) is 1.95. The number of hydrogen-bond acceptors (Lipinski definition) is 3. The molecule has 3 nitrogen and oxygen atoms in total. The lowest BCUT2D eigenvalue weighted by molar-refractivity contribution is -0.159. The summed E-state index contributed by atoms with van der Waals surface area (Å²) in [4.78, 5) is 15.3. The summed E-state index contributed by atoms with van der Waals surface area (Å²) in [6, 6.07) is 0. The van der Waals surface area contributed by atoms with Crippen molar-refractivity contribution in [3.05, 3.63) is 23.4 Å². The predicted octanol–water partition coefficient (Wildman–Crippen LogP) is 6.65. The van der Waals surface area contributed by atoms with E-state index in [0.29, 0.717) is 24.2 Å². The molecule has 0 aromatic rings. The molecule has 1 heterocycles. The number of allylic oxidation sites excluding steroid dienone is 4. The van der Waals surface area contributed by atoms with Crippen molar-refractivity contribution in [2.24, 2.45) is 28.6 Å². The molecule has 180 valence electrons. The Kier molecular flexibility index (Phi) is 7.05. The summed E-state index contributed by atoms with van der Waals surface area (Å²) in [5.74, 6) is 1.76. The second-order valence-electron chi connectivity index (χ2n) is 11.6. The maximum atomic E-state index is 12.8. The molecule has 1 saturated heterocycles. The fourth-order valence-electron chi connectivity index (χ4n) is 8.51. The largest absolute Gasteiger partial charge is 0.381 e. The number of nitrogens with zero attached hydrogens (tertiary/aromatic N) is 1. The van der Waals surface area contributed by atoms with Crippen molar-refractivity contribution >= 4 is 21.7 Å². The normalized spacial score (nSPS) is 43.4. The number of aliphatic hydroxyl groups is 1. The SMILES string of the molecule is C/C=C1/CCC2C(CCC3(C)C2CC[C@]3(O)C(=O)CBr)C1(C)CC/C=C(/C)N1CCCC1. The Balaban J connectivity index is 1.55. The smallest absolute Gasteiger partial charge is 0.175 e. The molecule has 3 aliphatic carbocycles. The molecule has 1 N–H and O–H groups in total. The number of hydrogen-bond donors (Lipinski definition) is 1. The first-order valence-electron chi connectivity index (χ1n) is 13.1. The fraction of sp³-hybridized carbons (Fsp3) is 0.821. The highest BCUT2D eigenvalue weighted by Crippen LogP contribution is 2.67. The van der Waals surface area contributed by atoms with E-state index in [1.807, 2.05) is 0 Å². The number of carbonyl (C=O) groups is 1. The number of alkyl halides is 1. The lowest BCUT2D eigenvalue weighted by atomic mass is 9.47. The standard InChI is InChI=1S/C28H44BrNO2/c1-5-21-10-11-22-23(26(21,3)14-8-9-20(2)30-17-6-7-18-30)12-15-27(4)24(22)13-16-28(27,32)25(31)19-29/h5,9,22-24,32H,6-8,10-19H2,1-4H3/b20-9-,21-5-/t22?,23?,24?,26?,27?,28-/m0/s1. The van der Waals surface area contributed by atoms with Gasteiger partial charge in [0.1, 0.15) is 5.60 Å². The summed E-state index contributed by atoms with van der Waals surface area (Å²) in [6.07, 6.45) is 16.1. The maximum absolute atomic E-state index is 12.8. The van der Waals surface area contributed by atoms with Crippen molar-refractivity contribution in [1.82, 2.24) is 4.90 Å². The summed E-state index contributed by atoms with van der Waals surface area (Å²) in [6.45, 7) is 11.7. The Bertz CT molecular complexity index is 784. The van der Waals surface area contributed by atoms with E-state index in [-0.39, 0.29) is 21.9 Å². The number of halogens is 1. The lowest BCUT2D eigenvalue weighted by Crippen LogP contribution is -2.57. The van der Waals surface area contributed by atoms with Crippen LogP contribution in [0.5, 0.6) is 0 Å². The molecule has 0 bridgehead atoms. The van der Waals surface area contributed by atoms with Gasteiger partial charge in [0.2, 0.25) is 0 Å². The van der Waals surface area contributed by atoms with Crippen LogP contribution in [0.15, 0.2) is 23.4 Å². The molecule has 4 aliphatic rings. The van der Waals surface area contributed by atoms with Gasteiger partial charge in [0.15, 0.2) is 5.78 Å². The van der Waals surface area contributed by atoms with E-state index in [0.717, 1.165) is 25.7 Å². The van der Waals surface area contributed by atoms with Crippen molar-refractivity contribution in [3.63, 3.8) is 0 Å². The van der Waals surface area contributed by atoms with E-state index in [2.05, 4.69) is 60.7 Å². The van der Waals surface area contributed by atoms with Gasteiger partial charge >= 0.3 is 0 Å². The van der Waals surface area contributed by atoms with Crippen LogP contribution >= 0.6 is 15.9 Å². The van der Waals surface area contributed by atoms with Gasteiger partial charge in [-0.1, -0.05) is 47.5 Å². The van der Waals surface area contributed by atoms with Gasteiger partial charge in [-0.25, -0.2) is 0 Å². The Labute approximate surface area is 204 Å². The van der Waals surface area contributed by atoms with E-state index in [9.17, 15) is 9.90 Å². The maximum Gasteiger partial charge on any atom is 0.175 e. The third-order valence-electron chi connectivity index (χ3n) is 10.5. The van der Waals surface area contributed by atoms with Gasteiger partial charge in [-0.05, 0) is 101 Å². The van der Waals surface area contributed by atoms with Crippen LogP contribution in [0.2, 0.25) is 0 Å². The highest BCUT2D eigenvalue weighted by molar-refractivity contribution is 9.09. The van der Waals surface area contributed by atoms with E-state index >= 15 is 0 Å². The van der Waals surface area contributed by atoms with Crippen LogP contribution in [0.1, 0.15) is 91.9 Å². The predicted molar refractivity (Wildman–Crippen MR) is 136 cm³/mol. The van der Waals surface area contributed by atoms with Crippen LogP contribution in [-0.2, 0) is 4.79 Å². The Morgan fingerprint density at radius 3 is 2.50 bits per heavy atom. The molecule has 0 aromatic carbocycles. The van der Waals surface area contributed by atoms with E-state index in [1.165, 1.54) is 50.9 Å². The number of Topliss-reactive ketones (excluding diaryl/α,β-unsaturated/α-hetero) is 1. The van der Waals surface area contributed by atoms with Gasteiger partial charge in [-0.15, -0.1) is 0 Å².